The van der Waals surface area contributed by atoms with Gasteiger partial charge in [-0.1, -0.05) is 0 Å². The van der Waals surface area contributed by atoms with Crippen molar-refractivity contribution in [3.63, 3.8) is 0 Å². The minimum Gasteiger partial charge on any atom is -0.476 e. The Morgan fingerprint density at radius 2 is 2.22 bits per heavy atom. The summed E-state index contributed by atoms with van der Waals surface area (Å²) in [4.78, 5) is 20.3. The summed E-state index contributed by atoms with van der Waals surface area (Å²) in [5, 5.41) is 15.3. The Morgan fingerprint density at radius 1 is 1.44 bits per heavy atom. The molecule has 0 fully saturated rings. The largest absolute Gasteiger partial charge is 0.476 e. The molecule has 0 saturated heterocycles. The maximum absolute atomic E-state index is 10.7. The number of rotatable bonds is 5. The number of aromatic carboxylic acids is 1. The van der Waals surface area contributed by atoms with Crippen LogP contribution in [0.15, 0.2) is 5.38 Å². The molecule has 0 amide bonds. The molecule has 5 nitrogen and oxygen atoms in total. The van der Waals surface area contributed by atoms with Crippen molar-refractivity contribution >= 4 is 33.8 Å². The molecule has 0 radical (unpaired) electrons. The highest BCUT2D eigenvalue weighted by atomic mass is 32.1. The molecule has 0 aliphatic carbocycles. The average Bonchev–Trinajstić information content (AvgIpc) is 2.88. The van der Waals surface area contributed by atoms with E-state index in [1.807, 2.05) is 13.8 Å². The molecule has 2 aromatic heterocycles. The summed E-state index contributed by atoms with van der Waals surface area (Å²) in [6.45, 7) is 4.73. The number of thiazole rings is 2. The number of anilines is 1. The number of carboxylic acid groups (broad SMARTS) is 1. The van der Waals surface area contributed by atoms with Crippen molar-refractivity contribution in [2.45, 2.75) is 20.3 Å². The van der Waals surface area contributed by atoms with Gasteiger partial charge < -0.3 is 10.4 Å². The van der Waals surface area contributed by atoms with Crippen molar-refractivity contribution in [1.29, 1.82) is 0 Å². The molecule has 0 aliphatic heterocycles. The number of hydrogen-bond acceptors (Lipinski definition) is 6. The Hall–Kier alpha value is -1.47. The fraction of sp³-hybridized carbons (Fsp3) is 0.364. The summed E-state index contributed by atoms with van der Waals surface area (Å²) >= 11 is 3.00. The first kappa shape index (κ1) is 13.0. The van der Waals surface area contributed by atoms with Crippen molar-refractivity contribution in [1.82, 2.24) is 9.97 Å². The van der Waals surface area contributed by atoms with Crippen molar-refractivity contribution in [3.8, 4) is 0 Å². The summed E-state index contributed by atoms with van der Waals surface area (Å²) < 4.78 is 0. The van der Waals surface area contributed by atoms with Crippen LogP contribution < -0.4 is 5.32 Å². The van der Waals surface area contributed by atoms with Gasteiger partial charge in [-0.25, -0.2) is 14.8 Å². The van der Waals surface area contributed by atoms with Crippen LogP contribution in [0.3, 0.4) is 0 Å². The molecule has 0 aliphatic rings. The molecule has 0 saturated carbocycles. The first-order valence-corrected chi connectivity index (χ1v) is 7.11. The number of nitrogens with zero attached hydrogens (tertiary/aromatic N) is 2. The fourth-order valence-electron chi connectivity index (χ4n) is 1.35. The van der Waals surface area contributed by atoms with E-state index in [1.54, 1.807) is 16.7 Å². The lowest BCUT2D eigenvalue weighted by atomic mass is 10.4. The second kappa shape index (κ2) is 5.45. The first-order valence-electron chi connectivity index (χ1n) is 5.42. The average molecular weight is 283 g/mol. The van der Waals surface area contributed by atoms with Gasteiger partial charge in [0.25, 0.3) is 0 Å². The third-order valence-electron chi connectivity index (χ3n) is 2.41. The summed E-state index contributed by atoms with van der Waals surface area (Å²) in [6, 6.07) is 0. The standard InChI is InChI=1S/C11H13N3O2S2/c1-6-7(2)18-11(13-6)12-4-3-9-14-8(5-17-9)10(15)16/h5H,3-4H2,1-2H3,(H,12,13)(H,15,16). The quantitative estimate of drug-likeness (QED) is 0.882. The number of nitrogens with one attached hydrogen (secondary N) is 1. The van der Waals surface area contributed by atoms with Gasteiger partial charge in [0, 0.05) is 23.2 Å². The topological polar surface area (TPSA) is 75.1 Å². The van der Waals surface area contributed by atoms with Crippen LogP contribution in [0.1, 0.15) is 26.1 Å². The molecule has 0 bridgehead atoms. The Morgan fingerprint density at radius 3 is 2.78 bits per heavy atom. The first-order chi connectivity index (χ1) is 8.56. The summed E-state index contributed by atoms with van der Waals surface area (Å²) in [5.41, 5.74) is 1.17. The van der Waals surface area contributed by atoms with Crippen molar-refractivity contribution < 1.29 is 9.90 Å². The lowest BCUT2D eigenvalue weighted by Gasteiger charge is -1.99. The molecule has 0 aromatic carbocycles. The Kier molecular flexibility index (Phi) is 3.93. The molecule has 96 valence electrons. The maximum atomic E-state index is 10.7. The molecule has 0 spiro atoms. The van der Waals surface area contributed by atoms with Gasteiger partial charge in [0.2, 0.25) is 0 Å². The molecule has 2 aromatic rings. The summed E-state index contributed by atoms with van der Waals surface area (Å²) in [5.74, 6) is -0.975. The number of carboxylic acids is 1. The van der Waals surface area contributed by atoms with Crippen molar-refractivity contribution in [2.75, 3.05) is 11.9 Å². The third-order valence-corrected chi connectivity index (χ3v) is 4.35. The van der Waals surface area contributed by atoms with Crippen molar-refractivity contribution in [2.24, 2.45) is 0 Å². The van der Waals surface area contributed by atoms with E-state index in [0.29, 0.717) is 13.0 Å². The molecule has 0 atom stereocenters. The fourth-order valence-corrected chi connectivity index (χ4v) is 2.96. The van der Waals surface area contributed by atoms with E-state index in [1.165, 1.54) is 16.2 Å². The molecule has 7 heteroatoms. The molecule has 0 unspecified atom stereocenters. The molecular formula is C11H13N3O2S2. The highest BCUT2D eigenvalue weighted by molar-refractivity contribution is 7.15. The van der Waals surface area contributed by atoms with Gasteiger partial charge in [0.15, 0.2) is 10.8 Å². The minimum atomic E-state index is -0.975. The molecule has 2 rings (SSSR count). The Balaban J connectivity index is 1.86. The Labute approximate surface area is 113 Å². The van der Waals surface area contributed by atoms with Gasteiger partial charge in [-0.05, 0) is 13.8 Å². The lowest BCUT2D eigenvalue weighted by molar-refractivity contribution is 0.0691. The smallest absolute Gasteiger partial charge is 0.355 e. The van der Waals surface area contributed by atoms with Crippen LogP contribution in [0, 0.1) is 13.8 Å². The van der Waals surface area contributed by atoms with E-state index in [0.717, 1.165) is 15.8 Å². The van der Waals surface area contributed by atoms with Gasteiger partial charge in [-0.15, -0.1) is 22.7 Å². The summed E-state index contributed by atoms with van der Waals surface area (Å²) in [6.07, 6.45) is 0.704. The van der Waals surface area contributed by atoms with Crippen LogP contribution in [0.5, 0.6) is 0 Å². The van der Waals surface area contributed by atoms with Crippen LogP contribution in [0.2, 0.25) is 0 Å². The van der Waals surface area contributed by atoms with Gasteiger partial charge in [0.05, 0.1) is 10.7 Å². The second-order valence-corrected chi connectivity index (χ2v) is 5.91. The number of carbonyl (C=O) groups is 1. The SMILES string of the molecule is Cc1nc(NCCc2nc(C(=O)O)cs2)sc1C. The van der Waals surface area contributed by atoms with Gasteiger partial charge >= 0.3 is 5.97 Å². The van der Waals surface area contributed by atoms with Gasteiger partial charge in [-0.2, -0.15) is 0 Å². The number of aromatic nitrogens is 2. The maximum Gasteiger partial charge on any atom is 0.355 e. The normalized spacial score (nSPS) is 10.6. The predicted octanol–water partition coefficient (Wildman–Crippen LogP) is 2.57. The van der Waals surface area contributed by atoms with E-state index < -0.39 is 5.97 Å². The monoisotopic (exact) mass is 283 g/mol. The highest BCUT2D eigenvalue weighted by Crippen LogP contribution is 2.21. The molecular weight excluding hydrogens is 270 g/mol. The van der Waals surface area contributed by atoms with Crippen LogP contribution in [-0.4, -0.2) is 27.6 Å². The van der Waals surface area contributed by atoms with Gasteiger partial charge in [-0.3, -0.25) is 0 Å². The number of hydrogen-bond donors (Lipinski definition) is 2. The minimum absolute atomic E-state index is 0.121. The van der Waals surface area contributed by atoms with E-state index >= 15 is 0 Å². The van der Waals surface area contributed by atoms with Crippen LogP contribution in [0.25, 0.3) is 0 Å². The second-order valence-electron chi connectivity index (χ2n) is 3.77. The number of aryl methyl sites for hydroxylation is 2. The zero-order valence-electron chi connectivity index (χ0n) is 10.1. The summed E-state index contributed by atoms with van der Waals surface area (Å²) in [7, 11) is 0. The zero-order valence-corrected chi connectivity index (χ0v) is 11.7. The van der Waals surface area contributed by atoms with Crippen LogP contribution >= 0.6 is 22.7 Å². The van der Waals surface area contributed by atoms with E-state index in [-0.39, 0.29) is 5.69 Å². The van der Waals surface area contributed by atoms with Gasteiger partial charge in [0.1, 0.15) is 0 Å². The molecule has 2 heterocycles. The van der Waals surface area contributed by atoms with E-state index in [4.69, 9.17) is 5.11 Å². The van der Waals surface area contributed by atoms with Crippen molar-refractivity contribution in [3.05, 3.63) is 26.7 Å². The Bertz CT molecular complexity index is 543. The molecule has 18 heavy (non-hydrogen) atoms. The molecule has 2 N–H and O–H groups in total. The zero-order chi connectivity index (χ0) is 13.1. The van der Waals surface area contributed by atoms with Crippen LogP contribution in [0.4, 0.5) is 5.13 Å². The lowest BCUT2D eigenvalue weighted by Crippen LogP contribution is -2.05. The van der Waals surface area contributed by atoms with Crippen LogP contribution in [-0.2, 0) is 6.42 Å². The predicted molar refractivity (Wildman–Crippen MR) is 72.9 cm³/mol. The van der Waals surface area contributed by atoms with E-state index in [9.17, 15) is 4.79 Å². The third kappa shape index (κ3) is 3.05. The highest BCUT2D eigenvalue weighted by Gasteiger charge is 2.08. The van der Waals surface area contributed by atoms with E-state index in [2.05, 4.69) is 15.3 Å².